The molecule has 3 aliphatic heterocycles. The van der Waals surface area contributed by atoms with Crippen molar-refractivity contribution in [2.24, 2.45) is 16.5 Å². The molecule has 2 bridgehead atoms. The third-order valence-corrected chi connectivity index (χ3v) is 4.37. The van der Waals surface area contributed by atoms with Gasteiger partial charge in [0.15, 0.2) is 12.2 Å². The first-order valence-corrected chi connectivity index (χ1v) is 8.13. The van der Waals surface area contributed by atoms with Gasteiger partial charge in [-0.05, 0) is 6.42 Å². The minimum absolute atomic E-state index is 0.0728. The number of aliphatic hydroxyl groups is 2. The molecular weight excluding hydrogens is 298 g/mol. The van der Waals surface area contributed by atoms with Gasteiger partial charge in [0.05, 0.1) is 19.3 Å². The average Bonchev–Trinajstić information content (AvgIpc) is 2.58. The maximum atomic E-state index is 10.1. The van der Waals surface area contributed by atoms with Gasteiger partial charge in [0.2, 0.25) is 0 Å². The van der Waals surface area contributed by atoms with E-state index in [0.29, 0.717) is 31.9 Å². The van der Waals surface area contributed by atoms with Gasteiger partial charge in [0.25, 0.3) is 0 Å². The van der Waals surface area contributed by atoms with Gasteiger partial charge in [-0.15, -0.1) is 0 Å². The van der Waals surface area contributed by atoms with E-state index in [1.165, 1.54) is 0 Å². The molecule has 3 heterocycles. The Morgan fingerprint density at radius 3 is 2.71 bits per heavy atom. The number of hydrogen-bond acceptors (Lipinski definition) is 7. The second-order valence-electron chi connectivity index (χ2n) is 4.97. The van der Waals surface area contributed by atoms with E-state index in [2.05, 4.69) is 4.99 Å². The van der Waals surface area contributed by atoms with E-state index in [9.17, 15) is 10.2 Å². The van der Waals surface area contributed by atoms with Gasteiger partial charge >= 0.3 is 0 Å². The van der Waals surface area contributed by atoms with Crippen LogP contribution >= 0.6 is 11.8 Å². The highest BCUT2D eigenvalue weighted by Crippen LogP contribution is 2.28. The summed E-state index contributed by atoms with van der Waals surface area (Å²) < 4.78 is 16.8. The van der Waals surface area contributed by atoms with Crippen molar-refractivity contribution in [2.45, 2.75) is 37.1 Å². The van der Waals surface area contributed by atoms with E-state index in [1.807, 2.05) is 0 Å². The number of rotatable bonds is 5. The Morgan fingerprint density at radius 1 is 1.19 bits per heavy atom. The highest BCUT2D eigenvalue weighted by atomic mass is 32.2. The van der Waals surface area contributed by atoms with Crippen LogP contribution in [0.3, 0.4) is 0 Å². The summed E-state index contributed by atoms with van der Waals surface area (Å²) in [6.07, 6.45) is -3.08. The lowest BCUT2D eigenvalue weighted by Gasteiger charge is -2.41. The van der Waals surface area contributed by atoms with Crippen LogP contribution < -0.4 is 11.5 Å². The van der Waals surface area contributed by atoms with E-state index in [1.54, 1.807) is 11.8 Å². The standard InChI is InChI=1S/C12H23N3O5S/c13-12(14)15-2-5-21-6-7-10-8(16)9(17)11(20-7)19-4-1-3-18-10/h7-11,16-17H,1-6H2,(H4,13,14,15). The van der Waals surface area contributed by atoms with Crippen LogP contribution in [0.2, 0.25) is 0 Å². The Morgan fingerprint density at radius 2 is 1.95 bits per heavy atom. The van der Waals surface area contributed by atoms with Crippen LogP contribution in [0.25, 0.3) is 0 Å². The number of guanidine groups is 1. The minimum atomic E-state index is -1.09. The minimum Gasteiger partial charge on any atom is -0.387 e. The molecular formula is C12H23N3O5S. The number of aliphatic hydroxyl groups excluding tert-OH is 2. The van der Waals surface area contributed by atoms with Crippen LogP contribution in [0.4, 0.5) is 0 Å². The molecule has 0 amide bonds. The molecule has 0 aromatic carbocycles. The van der Waals surface area contributed by atoms with Crippen LogP contribution in [-0.4, -0.2) is 78.1 Å². The van der Waals surface area contributed by atoms with Crippen LogP contribution in [0.5, 0.6) is 0 Å². The zero-order valence-corrected chi connectivity index (χ0v) is 12.6. The predicted octanol–water partition coefficient (Wildman–Crippen LogP) is -1.75. The molecule has 21 heavy (non-hydrogen) atoms. The normalized spacial score (nSPS) is 36.6. The van der Waals surface area contributed by atoms with Gasteiger partial charge < -0.3 is 35.9 Å². The molecule has 0 aliphatic carbocycles. The lowest BCUT2D eigenvalue weighted by molar-refractivity contribution is -0.289. The number of hydrogen-bond donors (Lipinski definition) is 4. The van der Waals surface area contributed by atoms with Gasteiger partial charge in [0, 0.05) is 18.1 Å². The second-order valence-corrected chi connectivity index (χ2v) is 6.12. The molecule has 122 valence electrons. The highest BCUT2D eigenvalue weighted by molar-refractivity contribution is 7.99. The zero-order valence-electron chi connectivity index (χ0n) is 11.8. The third kappa shape index (κ3) is 4.70. The van der Waals surface area contributed by atoms with Crippen molar-refractivity contribution in [2.75, 3.05) is 31.3 Å². The number of nitrogens with two attached hydrogens (primary N) is 2. The average molecular weight is 321 g/mol. The SMILES string of the molecule is NC(N)=NCCSCC1OC2OCCCOC1C(O)C2O. The molecule has 0 radical (unpaired) electrons. The van der Waals surface area contributed by atoms with Crippen molar-refractivity contribution < 1.29 is 24.4 Å². The first-order valence-electron chi connectivity index (χ1n) is 6.97. The summed E-state index contributed by atoms with van der Waals surface area (Å²) in [5, 5.41) is 20.1. The first kappa shape index (κ1) is 16.8. The van der Waals surface area contributed by atoms with E-state index in [4.69, 9.17) is 25.7 Å². The summed E-state index contributed by atoms with van der Waals surface area (Å²) in [5.41, 5.74) is 10.5. The van der Waals surface area contributed by atoms with Crippen LogP contribution in [0, 0.1) is 0 Å². The lowest BCUT2D eigenvalue weighted by atomic mass is 10.00. The van der Waals surface area contributed by atoms with Crippen molar-refractivity contribution in [3.05, 3.63) is 0 Å². The van der Waals surface area contributed by atoms with Gasteiger partial charge in [-0.25, -0.2) is 0 Å². The molecule has 6 N–H and O–H groups in total. The van der Waals surface area contributed by atoms with Crippen molar-refractivity contribution in [3.8, 4) is 0 Å². The fourth-order valence-electron chi connectivity index (χ4n) is 2.30. The van der Waals surface area contributed by atoms with Crippen LogP contribution in [0.15, 0.2) is 4.99 Å². The van der Waals surface area contributed by atoms with Crippen LogP contribution in [0.1, 0.15) is 6.42 Å². The monoisotopic (exact) mass is 321 g/mol. The number of ether oxygens (including phenoxy) is 3. The molecule has 3 saturated heterocycles. The first-order chi connectivity index (χ1) is 10.1. The molecule has 3 rings (SSSR count). The van der Waals surface area contributed by atoms with Crippen molar-refractivity contribution in [3.63, 3.8) is 0 Å². The molecule has 9 heteroatoms. The van der Waals surface area contributed by atoms with Crippen LogP contribution in [-0.2, 0) is 14.2 Å². The number of thioether (sulfide) groups is 1. The predicted molar refractivity (Wildman–Crippen MR) is 79.0 cm³/mol. The summed E-state index contributed by atoms with van der Waals surface area (Å²) in [7, 11) is 0. The van der Waals surface area contributed by atoms with E-state index in [0.717, 1.165) is 5.75 Å². The molecule has 5 unspecified atom stereocenters. The number of aliphatic imine (C=N–C) groups is 1. The summed E-state index contributed by atoms with van der Waals surface area (Å²) in [6.45, 7) is 1.43. The molecule has 0 spiro atoms. The molecule has 3 fully saturated rings. The van der Waals surface area contributed by atoms with Gasteiger partial charge in [-0.2, -0.15) is 11.8 Å². The summed E-state index contributed by atoms with van der Waals surface area (Å²) >= 11 is 1.60. The number of nitrogens with zero attached hydrogens (tertiary/aromatic N) is 1. The largest absolute Gasteiger partial charge is 0.387 e. The topological polar surface area (TPSA) is 133 Å². The fourth-order valence-corrected chi connectivity index (χ4v) is 3.19. The van der Waals surface area contributed by atoms with Crippen molar-refractivity contribution in [1.82, 2.24) is 0 Å². The fraction of sp³-hybridized carbons (Fsp3) is 0.917. The summed E-state index contributed by atoms with van der Waals surface area (Å²) in [5.74, 6) is 1.41. The summed E-state index contributed by atoms with van der Waals surface area (Å²) in [6, 6.07) is 0. The van der Waals surface area contributed by atoms with Crippen molar-refractivity contribution in [1.29, 1.82) is 0 Å². The Labute approximate surface area is 127 Å². The molecule has 0 saturated carbocycles. The maximum absolute atomic E-state index is 10.1. The highest BCUT2D eigenvalue weighted by Gasteiger charge is 2.46. The Kier molecular flexibility index (Phi) is 6.52. The number of fused-ring (bicyclic) bond motifs is 6. The third-order valence-electron chi connectivity index (χ3n) is 3.33. The molecule has 0 aromatic heterocycles. The summed E-state index contributed by atoms with van der Waals surface area (Å²) in [4.78, 5) is 3.90. The van der Waals surface area contributed by atoms with E-state index >= 15 is 0 Å². The van der Waals surface area contributed by atoms with E-state index in [-0.39, 0.29) is 12.1 Å². The van der Waals surface area contributed by atoms with Crippen molar-refractivity contribution >= 4 is 17.7 Å². The molecule has 3 aliphatic rings. The smallest absolute Gasteiger partial charge is 0.186 e. The second kappa shape index (κ2) is 8.16. The van der Waals surface area contributed by atoms with Gasteiger partial charge in [0.1, 0.15) is 18.3 Å². The maximum Gasteiger partial charge on any atom is 0.186 e. The lowest BCUT2D eigenvalue weighted by Crippen LogP contribution is -2.59. The zero-order chi connectivity index (χ0) is 15.2. The quantitative estimate of drug-likeness (QED) is 0.266. The Hall–Kier alpha value is -0.580. The Balaban J connectivity index is 1.87. The van der Waals surface area contributed by atoms with Gasteiger partial charge in [-0.3, -0.25) is 4.99 Å². The van der Waals surface area contributed by atoms with E-state index < -0.39 is 24.6 Å². The molecule has 0 aromatic rings. The Bertz CT molecular complexity index is 354. The molecule has 5 atom stereocenters. The van der Waals surface area contributed by atoms with Gasteiger partial charge in [-0.1, -0.05) is 0 Å². The molecule has 8 nitrogen and oxygen atoms in total.